The molecule has 1 aliphatic heterocycles. The number of aliphatic hydroxyl groups excluding tert-OH is 2. The third kappa shape index (κ3) is 6.43. The van der Waals surface area contributed by atoms with Crippen LogP contribution in [0.1, 0.15) is 30.9 Å². The van der Waals surface area contributed by atoms with Gasteiger partial charge in [0.2, 0.25) is 0 Å². The highest BCUT2D eigenvalue weighted by molar-refractivity contribution is 7.99. The Balaban J connectivity index is 1.29. The van der Waals surface area contributed by atoms with Crippen LogP contribution >= 0.6 is 23.4 Å². The van der Waals surface area contributed by atoms with Crippen molar-refractivity contribution in [3.63, 3.8) is 0 Å². The van der Waals surface area contributed by atoms with Crippen LogP contribution in [0, 0.1) is 11.8 Å². The summed E-state index contributed by atoms with van der Waals surface area (Å²) in [7, 11) is 1.64. The first kappa shape index (κ1) is 25.3. The van der Waals surface area contributed by atoms with Crippen molar-refractivity contribution in [1.82, 2.24) is 9.88 Å². The molecule has 3 atom stereocenters. The lowest BCUT2D eigenvalue weighted by molar-refractivity contribution is 0.0608. The number of fused-ring (bicyclic) bond motifs is 1. The van der Waals surface area contributed by atoms with Crippen molar-refractivity contribution in [3.05, 3.63) is 65.3 Å². The first-order valence-corrected chi connectivity index (χ1v) is 13.3. The SMILES string of the molecule is COc1ccc2nccc(C(O)CC[C@@H]3CCN(CCSc4ccc(Cl)cc4)C[C@@H]3CO)c2c1. The van der Waals surface area contributed by atoms with Crippen LogP contribution < -0.4 is 4.74 Å². The summed E-state index contributed by atoms with van der Waals surface area (Å²) < 4.78 is 5.36. The molecule has 2 N–H and O–H groups in total. The van der Waals surface area contributed by atoms with Crippen molar-refractivity contribution in [1.29, 1.82) is 0 Å². The van der Waals surface area contributed by atoms with E-state index in [9.17, 15) is 10.2 Å². The Morgan fingerprint density at radius 1 is 1.18 bits per heavy atom. The molecule has 0 amide bonds. The predicted octanol–water partition coefficient (Wildman–Crippen LogP) is 5.43. The maximum Gasteiger partial charge on any atom is 0.119 e. The van der Waals surface area contributed by atoms with Crippen molar-refractivity contribution >= 4 is 34.3 Å². The number of halogens is 1. The predicted molar refractivity (Wildman–Crippen MR) is 140 cm³/mol. The standard InChI is InChI=1S/C27H33ClN2O3S/c1-33-22-5-8-26-25(16-22)24(10-12-29-26)27(32)9-2-19-11-13-30(17-20(19)18-31)14-15-34-23-6-3-21(28)4-7-23/h3-8,10,12,16,19-20,27,31-32H,2,9,11,13-15,17-18H2,1H3/t19-,20-,27?/m1/s1. The fourth-order valence-electron chi connectivity index (χ4n) is 4.86. The van der Waals surface area contributed by atoms with Gasteiger partial charge < -0.3 is 19.8 Å². The van der Waals surface area contributed by atoms with E-state index in [0.29, 0.717) is 12.3 Å². The molecule has 1 unspecified atom stereocenters. The maximum atomic E-state index is 11.0. The Hall–Kier alpha value is -1.83. The van der Waals surface area contributed by atoms with Gasteiger partial charge in [0, 0.05) is 47.0 Å². The molecule has 1 saturated heterocycles. The molecule has 5 nitrogen and oxygen atoms in total. The largest absolute Gasteiger partial charge is 0.497 e. The highest BCUT2D eigenvalue weighted by Gasteiger charge is 2.29. The molecule has 1 aromatic heterocycles. The molecule has 0 saturated carbocycles. The molecule has 0 radical (unpaired) electrons. The normalized spacial score (nSPS) is 19.9. The zero-order chi connectivity index (χ0) is 23.9. The van der Waals surface area contributed by atoms with Crippen LogP contribution in [-0.2, 0) is 0 Å². The van der Waals surface area contributed by atoms with Crippen LogP contribution in [0.5, 0.6) is 5.75 Å². The average Bonchev–Trinajstić information content (AvgIpc) is 2.88. The lowest BCUT2D eigenvalue weighted by Crippen LogP contribution is -2.43. The fraction of sp³-hybridized carbons (Fsp3) is 0.444. The molecule has 1 aliphatic rings. The molecule has 4 rings (SSSR count). The van der Waals surface area contributed by atoms with Crippen LogP contribution in [0.4, 0.5) is 0 Å². The third-order valence-electron chi connectivity index (χ3n) is 6.85. The second kappa shape index (κ2) is 12.2. The van der Waals surface area contributed by atoms with Gasteiger partial charge in [-0.15, -0.1) is 11.8 Å². The van der Waals surface area contributed by atoms with E-state index in [-0.39, 0.29) is 12.5 Å². The molecule has 182 valence electrons. The van der Waals surface area contributed by atoms with Crippen molar-refractivity contribution in [3.8, 4) is 5.75 Å². The van der Waals surface area contributed by atoms with Gasteiger partial charge in [0.05, 0.1) is 18.7 Å². The molecular formula is C27H33ClN2O3S. The minimum Gasteiger partial charge on any atom is -0.497 e. The highest BCUT2D eigenvalue weighted by atomic mass is 35.5. The number of thioether (sulfide) groups is 1. The van der Waals surface area contributed by atoms with E-state index in [1.165, 1.54) is 4.90 Å². The minimum absolute atomic E-state index is 0.191. The average molecular weight is 501 g/mol. The van der Waals surface area contributed by atoms with E-state index in [1.807, 2.05) is 48.2 Å². The summed E-state index contributed by atoms with van der Waals surface area (Å²) in [5.41, 5.74) is 1.75. The van der Waals surface area contributed by atoms with E-state index in [0.717, 1.165) is 65.5 Å². The van der Waals surface area contributed by atoms with Gasteiger partial charge in [-0.3, -0.25) is 4.98 Å². The molecule has 0 bridgehead atoms. The van der Waals surface area contributed by atoms with Crippen LogP contribution in [0.25, 0.3) is 10.9 Å². The van der Waals surface area contributed by atoms with Gasteiger partial charge in [-0.25, -0.2) is 0 Å². The number of piperidine rings is 1. The molecule has 0 spiro atoms. The van der Waals surface area contributed by atoms with Crippen molar-refractivity contribution < 1.29 is 14.9 Å². The molecule has 7 heteroatoms. The number of aromatic nitrogens is 1. The van der Waals surface area contributed by atoms with Gasteiger partial charge in [-0.05, 0) is 91.7 Å². The summed E-state index contributed by atoms with van der Waals surface area (Å²) in [4.78, 5) is 8.11. The summed E-state index contributed by atoms with van der Waals surface area (Å²) in [6.45, 7) is 3.14. The zero-order valence-electron chi connectivity index (χ0n) is 19.6. The van der Waals surface area contributed by atoms with E-state index >= 15 is 0 Å². The number of nitrogens with zero attached hydrogens (tertiary/aromatic N) is 2. The fourth-order valence-corrected chi connectivity index (χ4v) is 5.90. The van der Waals surface area contributed by atoms with E-state index in [1.54, 1.807) is 13.3 Å². The quantitative estimate of drug-likeness (QED) is 0.362. The number of methoxy groups -OCH3 is 1. The maximum absolute atomic E-state index is 11.0. The van der Waals surface area contributed by atoms with Crippen LogP contribution in [0.2, 0.25) is 5.02 Å². The van der Waals surface area contributed by atoms with E-state index < -0.39 is 6.10 Å². The molecule has 3 aromatic rings. The van der Waals surface area contributed by atoms with Crippen LogP contribution in [0.3, 0.4) is 0 Å². The Morgan fingerprint density at radius 3 is 2.76 bits per heavy atom. The first-order chi connectivity index (χ1) is 16.6. The molecule has 34 heavy (non-hydrogen) atoms. The summed E-state index contributed by atoms with van der Waals surface area (Å²) in [6.07, 6.45) is 3.81. The Labute approximate surface area is 211 Å². The number of ether oxygens (including phenoxy) is 1. The number of pyridine rings is 1. The number of hydrogen-bond donors (Lipinski definition) is 2. The summed E-state index contributed by atoms with van der Waals surface area (Å²) in [5.74, 6) is 2.44. The van der Waals surface area contributed by atoms with Crippen molar-refractivity contribution in [2.24, 2.45) is 11.8 Å². The van der Waals surface area contributed by atoms with Crippen molar-refractivity contribution in [2.75, 3.05) is 39.1 Å². The molecule has 0 aliphatic carbocycles. The number of benzene rings is 2. The van der Waals surface area contributed by atoms with Crippen molar-refractivity contribution in [2.45, 2.75) is 30.3 Å². The summed E-state index contributed by atoms with van der Waals surface area (Å²) in [6, 6.07) is 15.6. The second-order valence-electron chi connectivity index (χ2n) is 8.97. The van der Waals surface area contributed by atoms with Gasteiger partial charge in [0.15, 0.2) is 0 Å². The smallest absolute Gasteiger partial charge is 0.119 e. The highest BCUT2D eigenvalue weighted by Crippen LogP contribution is 2.33. The van der Waals surface area contributed by atoms with Crippen LogP contribution in [0.15, 0.2) is 59.6 Å². The molecule has 2 heterocycles. The van der Waals surface area contributed by atoms with Gasteiger partial charge in [0.1, 0.15) is 5.75 Å². The lowest BCUT2D eigenvalue weighted by Gasteiger charge is -2.38. The molecule has 1 fully saturated rings. The van der Waals surface area contributed by atoms with Gasteiger partial charge in [-0.1, -0.05) is 11.6 Å². The number of rotatable bonds is 10. The van der Waals surface area contributed by atoms with Gasteiger partial charge in [-0.2, -0.15) is 0 Å². The zero-order valence-corrected chi connectivity index (χ0v) is 21.1. The Bertz CT molecular complexity index is 1070. The van der Waals surface area contributed by atoms with E-state index in [2.05, 4.69) is 22.0 Å². The minimum atomic E-state index is -0.564. The monoisotopic (exact) mass is 500 g/mol. The summed E-state index contributed by atoms with van der Waals surface area (Å²) >= 11 is 7.80. The number of hydrogen-bond acceptors (Lipinski definition) is 6. The second-order valence-corrected chi connectivity index (χ2v) is 10.6. The van der Waals surface area contributed by atoms with Gasteiger partial charge >= 0.3 is 0 Å². The Morgan fingerprint density at radius 2 is 2.00 bits per heavy atom. The number of likely N-dealkylation sites (tertiary alicyclic amines) is 1. The lowest BCUT2D eigenvalue weighted by atomic mass is 9.81. The topological polar surface area (TPSA) is 65.8 Å². The molecular weight excluding hydrogens is 468 g/mol. The number of aliphatic hydroxyl groups is 2. The first-order valence-electron chi connectivity index (χ1n) is 11.9. The van der Waals surface area contributed by atoms with Gasteiger partial charge in [0.25, 0.3) is 0 Å². The third-order valence-corrected chi connectivity index (χ3v) is 8.10. The van der Waals surface area contributed by atoms with E-state index in [4.69, 9.17) is 16.3 Å². The Kier molecular flexibility index (Phi) is 9.09. The molecule has 2 aromatic carbocycles. The van der Waals surface area contributed by atoms with Crippen LogP contribution in [-0.4, -0.2) is 59.2 Å². The summed E-state index contributed by atoms with van der Waals surface area (Å²) in [5, 5.41) is 22.8.